The smallest absolute Gasteiger partial charge is 0.236 e. The van der Waals surface area contributed by atoms with Crippen molar-refractivity contribution in [1.29, 1.82) is 0 Å². The Morgan fingerprint density at radius 1 is 1.19 bits per heavy atom. The van der Waals surface area contributed by atoms with Gasteiger partial charge in [-0.25, -0.2) is 4.98 Å². The first-order valence-corrected chi connectivity index (χ1v) is 10.2. The van der Waals surface area contributed by atoms with Crippen LogP contribution in [0.2, 0.25) is 0 Å². The molecule has 1 aliphatic heterocycles. The van der Waals surface area contributed by atoms with Crippen LogP contribution in [-0.4, -0.2) is 24.1 Å². The van der Waals surface area contributed by atoms with Crippen LogP contribution in [0.3, 0.4) is 0 Å². The van der Waals surface area contributed by atoms with Gasteiger partial charge in [-0.1, -0.05) is 45.5 Å². The van der Waals surface area contributed by atoms with Crippen molar-refractivity contribution >= 4 is 48.5 Å². The molecule has 26 heavy (non-hydrogen) atoms. The van der Waals surface area contributed by atoms with Gasteiger partial charge in [-0.2, -0.15) is 0 Å². The SMILES string of the molecule is Cc1ccc2nc(NC(=O)C3(c4ccc(Br)cc4)CCOCC3)sc2c1. The molecule has 2 heterocycles. The zero-order valence-corrected chi connectivity index (χ0v) is 16.8. The Morgan fingerprint density at radius 3 is 2.65 bits per heavy atom. The Labute approximate surface area is 164 Å². The molecule has 6 heteroatoms. The van der Waals surface area contributed by atoms with Gasteiger partial charge in [0.25, 0.3) is 0 Å². The van der Waals surface area contributed by atoms with Crippen molar-refractivity contribution in [2.75, 3.05) is 18.5 Å². The van der Waals surface area contributed by atoms with E-state index in [2.05, 4.69) is 39.2 Å². The molecule has 1 fully saturated rings. The van der Waals surface area contributed by atoms with Crippen LogP contribution in [0.5, 0.6) is 0 Å². The maximum absolute atomic E-state index is 13.3. The summed E-state index contributed by atoms with van der Waals surface area (Å²) in [7, 11) is 0. The predicted molar refractivity (Wildman–Crippen MR) is 109 cm³/mol. The number of ether oxygens (including phenoxy) is 1. The van der Waals surface area contributed by atoms with Gasteiger partial charge in [-0.15, -0.1) is 0 Å². The van der Waals surface area contributed by atoms with Gasteiger partial charge >= 0.3 is 0 Å². The molecular formula is C20H19BrN2O2S. The summed E-state index contributed by atoms with van der Waals surface area (Å²) in [6.45, 7) is 3.23. The Hall–Kier alpha value is -1.76. The molecule has 134 valence electrons. The average molecular weight is 431 g/mol. The second-order valence-corrected chi connectivity index (χ2v) is 8.59. The molecule has 0 saturated carbocycles. The predicted octanol–water partition coefficient (Wildman–Crippen LogP) is 5.05. The van der Waals surface area contributed by atoms with Crippen molar-refractivity contribution in [3.05, 3.63) is 58.1 Å². The Balaban J connectivity index is 1.66. The van der Waals surface area contributed by atoms with E-state index in [1.54, 1.807) is 0 Å². The highest BCUT2D eigenvalue weighted by Gasteiger charge is 2.42. The van der Waals surface area contributed by atoms with Crippen LogP contribution in [0, 0.1) is 6.92 Å². The minimum Gasteiger partial charge on any atom is -0.381 e. The minimum atomic E-state index is -0.577. The monoisotopic (exact) mass is 430 g/mol. The number of anilines is 1. The van der Waals surface area contributed by atoms with Crippen molar-refractivity contribution in [1.82, 2.24) is 4.98 Å². The van der Waals surface area contributed by atoms with Crippen LogP contribution in [0.15, 0.2) is 46.9 Å². The van der Waals surface area contributed by atoms with Gasteiger partial charge in [-0.3, -0.25) is 4.79 Å². The van der Waals surface area contributed by atoms with Crippen LogP contribution >= 0.6 is 27.3 Å². The number of amides is 1. The molecule has 0 aliphatic carbocycles. The summed E-state index contributed by atoms with van der Waals surface area (Å²) < 4.78 is 7.62. The number of nitrogens with one attached hydrogen (secondary N) is 1. The number of thiazole rings is 1. The van der Waals surface area contributed by atoms with Crippen LogP contribution in [0.1, 0.15) is 24.0 Å². The number of carbonyl (C=O) groups is 1. The average Bonchev–Trinajstić information content (AvgIpc) is 3.04. The number of rotatable bonds is 3. The summed E-state index contributed by atoms with van der Waals surface area (Å²) in [6.07, 6.45) is 1.34. The van der Waals surface area contributed by atoms with Crippen molar-refractivity contribution in [3.63, 3.8) is 0 Å². The third-order valence-electron chi connectivity index (χ3n) is 4.94. The number of fused-ring (bicyclic) bond motifs is 1. The molecule has 0 atom stereocenters. The van der Waals surface area contributed by atoms with Crippen LogP contribution in [-0.2, 0) is 14.9 Å². The maximum Gasteiger partial charge on any atom is 0.236 e. The van der Waals surface area contributed by atoms with E-state index in [1.165, 1.54) is 16.9 Å². The Bertz CT molecular complexity index is 946. The van der Waals surface area contributed by atoms with Gasteiger partial charge < -0.3 is 10.1 Å². The third kappa shape index (κ3) is 3.29. The lowest BCUT2D eigenvalue weighted by atomic mass is 9.73. The molecule has 2 aromatic carbocycles. The molecule has 4 rings (SSSR count). The summed E-state index contributed by atoms with van der Waals surface area (Å²) in [5, 5.41) is 3.73. The second-order valence-electron chi connectivity index (χ2n) is 6.65. The number of nitrogens with zero attached hydrogens (tertiary/aromatic N) is 1. The lowest BCUT2D eigenvalue weighted by Gasteiger charge is -2.36. The topological polar surface area (TPSA) is 51.2 Å². The molecule has 0 spiro atoms. The first-order valence-electron chi connectivity index (χ1n) is 8.59. The minimum absolute atomic E-state index is 0.00102. The van der Waals surface area contributed by atoms with E-state index < -0.39 is 5.41 Å². The molecular weight excluding hydrogens is 412 g/mol. The van der Waals surface area contributed by atoms with Crippen molar-refractivity contribution in [2.24, 2.45) is 0 Å². The van der Waals surface area contributed by atoms with Crippen molar-refractivity contribution in [3.8, 4) is 0 Å². The molecule has 1 aromatic heterocycles. The highest BCUT2D eigenvalue weighted by Crippen LogP contribution is 2.37. The van der Waals surface area contributed by atoms with E-state index in [9.17, 15) is 4.79 Å². The molecule has 1 N–H and O–H groups in total. The summed E-state index contributed by atoms with van der Waals surface area (Å²) in [4.78, 5) is 17.9. The van der Waals surface area contributed by atoms with E-state index in [0.29, 0.717) is 31.2 Å². The number of hydrogen-bond acceptors (Lipinski definition) is 4. The molecule has 1 amide bonds. The van der Waals surface area contributed by atoms with Gasteiger partial charge in [0.1, 0.15) is 0 Å². The highest BCUT2D eigenvalue weighted by atomic mass is 79.9. The van der Waals surface area contributed by atoms with Crippen molar-refractivity contribution in [2.45, 2.75) is 25.2 Å². The van der Waals surface area contributed by atoms with Crippen LogP contribution < -0.4 is 5.32 Å². The lowest BCUT2D eigenvalue weighted by Crippen LogP contribution is -2.44. The zero-order chi connectivity index (χ0) is 18.1. The lowest BCUT2D eigenvalue weighted by molar-refractivity contribution is -0.125. The fraction of sp³-hybridized carbons (Fsp3) is 0.300. The Kier molecular flexibility index (Phi) is 4.82. The maximum atomic E-state index is 13.3. The molecule has 3 aromatic rings. The highest BCUT2D eigenvalue weighted by molar-refractivity contribution is 9.10. The second kappa shape index (κ2) is 7.10. The first kappa shape index (κ1) is 17.6. The standard InChI is InChI=1S/C20H19BrN2O2S/c1-13-2-7-16-17(12-13)26-19(22-16)23-18(24)20(8-10-25-11-9-20)14-3-5-15(21)6-4-14/h2-7,12H,8-11H2,1H3,(H,22,23,24). The van der Waals surface area contributed by atoms with Gasteiger partial charge in [0.05, 0.1) is 15.6 Å². The Morgan fingerprint density at radius 2 is 1.92 bits per heavy atom. The van der Waals surface area contributed by atoms with Gasteiger partial charge in [0, 0.05) is 17.7 Å². The molecule has 0 bridgehead atoms. The number of aromatic nitrogens is 1. The zero-order valence-electron chi connectivity index (χ0n) is 14.4. The van der Waals surface area contributed by atoms with E-state index in [1.807, 2.05) is 36.4 Å². The summed E-state index contributed by atoms with van der Waals surface area (Å²) in [5.41, 5.74) is 2.56. The van der Waals surface area contributed by atoms with E-state index >= 15 is 0 Å². The molecule has 0 radical (unpaired) electrons. The van der Waals surface area contributed by atoms with E-state index in [4.69, 9.17) is 4.74 Å². The molecule has 0 unspecified atom stereocenters. The summed E-state index contributed by atoms with van der Waals surface area (Å²) in [6, 6.07) is 14.2. The number of hydrogen-bond donors (Lipinski definition) is 1. The summed E-state index contributed by atoms with van der Waals surface area (Å²) in [5.74, 6) is -0.00102. The van der Waals surface area contributed by atoms with E-state index in [0.717, 1.165) is 20.3 Å². The van der Waals surface area contributed by atoms with Gasteiger partial charge in [0.2, 0.25) is 5.91 Å². The normalized spacial score (nSPS) is 16.5. The number of benzene rings is 2. The number of halogens is 1. The fourth-order valence-electron chi connectivity index (χ4n) is 3.44. The molecule has 1 saturated heterocycles. The van der Waals surface area contributed by atoms with Crippen LogP contribution in [0.4, 0.5) is 5.13 Å². The first-order chi connectivity index (χ1) is 12.6. The number of carbonyl (C=O) groups excluding carboxylic acids is 1. The largest absolute Gasteiger partial charge is 0.381 e. The molecule has 4 nitrogen and oxygen atoms in total. The van der Waals surface area contributed by atoms with Gasteiger partial charge in [-0.05, 0) is 55.2 Å². The number of aryl methyl sites for hydroxylation is 1. The fourth-order valence-corrected chi connectivity index (χ4v) is 4.66. The van der Waals surface area contributed by atoms with E-state index in [-0.39, 0.29) is 5.91 Å². The molecule has 1 aliphatic rings. The third-order valence-corrected chi connectivity index (χ3v) is 6.40. The van der Waals surface area contributed by atoms with Gasteiger partial charge in [0.15, 0.2) is 5.13 Å². The van der Waals surface area contributed by atoms with Crippen molar-refractivity contribution < 1.29 is 9.53 Å². The van der Waals surface area contributed by atoms with Crippen LogP contribution in [0.25, 0.3) is 10.2 Å². The summed E-state index contributed by atoms with van der Waals surface area (Å²) >= 11 is 4.99. The quantitative estimate of drug-likeness (QED) is 0.631.